The van der Waals surface area contributed by atoms with Gasteiger partial charge in [0.25, 0.3) is 0 Å². The second-order valence-corrected chi connectivity index (χ2v) is 6.12. The smallest absolute Gasteiger partial charge is 0.191 e. The zero-order valence-corrected chi connectivity index (χ0v) is 16.1. The van der Waals surface area contributed by atoms with E-state index in [-0.39, 0.29) is 0 Å². The average molecular weight is 358 g/mol. The Bertz CT molecular complexity index is 713. The molecule has 0 fully saturated rings. The van der Waals surface area contributed by atoms with Crippen LogP contribution in [0.2, 0.25) is 0 Å². The highest BCUT2D eigenvalue weighted by Gasteiger charge is 2.03. The number of aromatic nitrogens is 5. The molecule has 0 spiro atoms. The van der Waals surface area contributed by atoms with Crippen molar-refractivity contribution in [3.8, 4) is 0 Å². The first-order valence-electron chi connectivity index (χ1n) is 9.14. The number of aryl methyl sites for hydroxylation is 4. The average Bonchev–Trinajstić information content (AvgIpc) is 3.21. The molecule has 2 N–H and O–H groups in total. The third-order valence-corrected chi connectivity index (χ3v) is 3.97. The van der Waals surface area contributed by atoms with Crippen LogP contribution in [0.25, 0.3) is 0 Å². The summed E-state index contributed by atoms with van der Waals surface area (Å²) in [7, 11) is 0. The first-order valence-corrected chi connectivity index (χ1v) is 9.14. The third-order valence-electron chi connectivity index (χ3n) is 3.97. The van der Waals surface area contributed by atoms with Gasteiger partial charge in [-0.25, -0.2) is 0 Å². The summed E-state index contributed by atoms with van der Waals surface area (Å²) in [6.45, 7) is 13.8. The molecule has 0 unspecified atom stereocenters. The summed E-state index contributed by atoms with van der Waals surface area (Å²) in [6.07, 6.45) is 5.40. The molecule has 142 valence electrons. The van der Waals surface area contributed by atoms with Crippen LogP contribution in [0, 0.1) is 13.8 Å². The second kappa shape index (κ2) is 10.4. The van der Waals surface area contributed by atoms with Crippen LogP contribution in [-0.4, -0.2) is 50.1 Å². The van der Waals surface area contributed by atoms with Gasteiger partial charge in [-0.15, -0.1) is 16.8 Å². The minimum atomic E-state index is 0.677. The Balaban J connectivity index is 1.80. The number of hydrogen-bond acceptors (Lipinski definition) is 4. The third kappa shape index (κ3) is 6.02. The minimum absolute atomic E-state index is 0.677. The zero-order chi connectivity index (χ0) is 18.8. The summed E-state index contributed by atoms with van der Waals surface area (Å²) in [5.41, 5.74) is 2.25. The molecule has 0 saturated carbocycles. The van der Waals surface area contributed by atoms with Gasteiger partial charge in [0.15, 0.2) is 5.96 Å². The molecule has 0 atom stereocenters. The topological polar surface area (TPSA) is 85.0 Å². The van der Waals surface area contributed by atoms with E-state index in [0.29, 0.717) is 6.54 Å². The quantitative estimate of drug-likeness (QED) is 0.291. The van der Waals surface area contributed by atoms with Crippen LogP contribution in [-0.2, 0) is 19.5 Å². The molecule has 0 aromatic carbocycles. The zero-order valence-electron chi connectivity index (χ0n) is 16.1. The van der Waals surface area contributed by atoms with E-state index < -0.39 is 0 Å². The second-order valence-electron chi connectivity index (χ2n) is 6.12. The Morgan fingerprint density at radius 2 is 2.15 bits per heavy atom. The van der Waals surface area contributed by atoms with Crippen LogP contribution in [0.3, 0.4) is 0 Å². The van der Waals surface area contributed by atoms with Crippen LogP contribution in [0.1, 0.15) is 30.6 Å². The van der Waals surface area contributed by atoms with Gasteiger partial charge in [0.05, 0.1) is 5.69 Å². The Morgan fingerprint density at radius 1 is 1.31 bits per heavy atom. The van der Waals surface area contributed by atoms with Gasteiger partial charge in [0, 0.05) is 44.8 Å². The maximum Gasteiger partial charge on any atom is 0.191 e. The van der Waals surface area contributed by atoms with Crippen molar-refractivity contribution in [2.75, 3.05) is 19.6 Å². The molecule has 2 aromatic heterocycles. The lowest BCUT2D eigenvalue weighted by molar-refractivity contribution is 0.566. The van der Waals surface area contributed by atoms with Crippen molar-refractivity contribution in [3.05, 3.63) is 42.3 Å². The molecule has 2 heterocycles. The van der Waals surface area contributed by atoms with E-state index in [0.717, 1.165) is 56.5 Å². The van der Waals surface area contributed by atoms with Crippen molar-refractivity contribution >= 4 is 5.96 Å². The van der Waals surface area contributed by atoms with Gasteiger partial charge in [-0.05, 0) is 26.3 Å². The van der Waals surface area contributed by atoms with Gasteiger partial charge >= 0.3 is 0 Å². The van der Waals surface area contributed by atoms with Crippen molar-refractivity contribution in [1.29, 1.82) is 0 Å². The van der Waals surface area contributed by atoms with Gasteiger partial charge in [0.1, 0.15) is 12.2 Å². The first kappa shape index (κ1) is 19.7. The number of aliphatic imine (C=N–C) groups is 1. The molecule has 0 aliphatic carbocycles. The molecular weight excluding hydrogens is 328 g/mol. The summed E-state index contributed by atoms with van der Waals surface area (Å²) in [6, 6.07) is 2.09. The summed E-state index contributed by atoms with van der Waals surface area (Å²) in [5.74, 6) is 1.79. The van der Waals surface area contributed by atoms with Crippen LogP contribution < -0.4 is 10.6 Å². The largest absolute Gasteiger partial charge is 0.355 e. The van der Waals surface area contributed by atoms with Crippen LogP contribution >= 0.6 is 0 Å². The molecule has 0 radical (unpaired) electrons. The monoisotopic (exact) mass is 358 g/mol. The summed E-state index contributed by atoms with van der Waals surface area (Å²) >= 11 is 0. The van der Waals surface area contributed by atoms with Gasteiger partial charge in [-0.3, -0.25) is 9.67 Å². The fourth-order valence-electron chi connectivity index (χ4n) is 2.69. The van der Waals surface area contributed by atoms with Gasteiger partial charge < -0.3 is 15.2 Å². The maximum absolute atomic E-state index is 4.64. The Hall–Kier alpha value is -2.64. The highest BCUT2D eigenvalue weighted by molar-refractivity contribution is 5.79. The van der Waals surface area contributed by atoms with Crippen LogP contribution in [0.4, 0.5) is 0 Å². The Kier molecular flexibility index (Phi) is 7.85. The Labute approximate surface area is 155 Å². The molecule has 0 aliphatic rings. The molecule has 8 heteroatoms. The van der Waals surface area contributed by atoms with Crippen molar-refractivity contribution in [1.82, 2.24) is 35.2 Å². The highest BCUT2D eigenvalue weighted by Crippen LogP contribution is 2.02. The van der Waals surface area contributed by atoms with E-state index >= 15 is 0 Å². The molecule has 8 nitrogen and oxygen atoms in total. The molecular formula is C18H30N8. The lowest BCUT2D eigenvalue weighted by Gasteiger charge is -2.12. The lowest BCUT2D eigenvalue weighted by atomic mass is 10.4. The number of nitrogens with one attached hydrogen (secondary N) is 2. The maximum atomic E-state index is 4.64. The molecule has 0 saturated heterocycles. The molecule has 0 bridgehead atoms. The summed E-state index contributed by atoms with van der Waals surface area (Å²) < 4.78 is 4.09. The number of nitrogens with zero attached hydrogens (tertiary/aromatic N) is 6. The predicted octanol–water partition coefficient (Wildman–Crippen LogP) is 1.47. The van der Waals surface area contributed by atoms with E-state index in [9.17, 15) is 0 Å². The van der Waals surface area contributed by atoms with Crippen molar-refractivity contribution in [2.45, 2.75) is 46.7 Å². The van der Waals surface area contributed by atoms with Crippen molar-refractivity contribution in [3.63, 3.8) is 0 Å². The van der Waals surface area contributed by atoms with Crippen LogP contribution in [0.15, 0.2) is 30.0 Å². The minimum Gasteiger partial charge on any atom is -0.355 e. The van der Waals surface area contributed by atoms with Crippen LogP contribution in [0.5, 0.6) is 0 Å². The number of rotatable bonds is 10. The SMILES string of the molecule is C=CCNC(=NCCCn1nc(C)cc1C)NCCn1cnnc1CC. The highest BCUT2D eigenvalue weighted by atomic mass is 15.3. The standard InChI is InChI=1S/C18H30N8/c1-5-8-19-18(21-10-12-25-14-22-23-17(25)6-2)20-9-7-11-26-16(4)13-15(3)24-26/h5,13-14H,1,6-12H2,2-4H3,(H2,19,20,21). The van der Waals surface area contributed by atoms with E-state index in [2.05, 4.69) is 62.0 Å². The predicted molar refractivity (Wildman–Crippen MR) is 104 cm³/mol. The van der Waals surface area contributed by atoms with Gasteiger partial charge in [-0.2, -0.15) is 5.10 Å². The van der Waals surface area contributed by atoms with E-state index in [1.807, 2.05) is 17.7 Å². The molecule has 0 aliphatic heterocycles. The van der Waals surface area contributed by atoms with Gasteiger partial charge in [0.2, 0.25) is 0 Å². The number of hydrogen-bond donors (Lipinski definition) is 2. The van der Waals surface area contributed by atoms with E-state index in [1.165, 1.54) is 5.69 Å². The van der Waals surface area contributed by atoms with Crippen molar-refractivity contribution < 1.29 is 0 Å². The number of guanidine groups is 1. The summed E-state index contributed by atoms with van der Waals surface area (Å²) in [5, 5.41) is 19.1. The summed E-state index contributed by atoms with van der Waals surface area (Å²) in [4.78, 5) is 4.64. The molecule has 2 rings (SSSR count). The Morgan fingerprint density at radius 3 is 2.85 bits per heavy atom. The molecule has 2 aromatic rings. The van der Waals surface area contributed by atoms with E-state index in [1.54, 1.807) is 6.33 Å². The molecule has 0 amide bonds. The first-order chi connectivity index (χ1) is 12.6. The van der Waals surface area contributed by atoms with Gasteiger partial charge in [-0.1, -0.05) is 13.0 Å². The lowest BCUT2D eigenvalue weighted by Crippen LogP contribution is -2.39. The fraction of sp³-hybridized carbons (Fsp3) is 0.556. The van der Waals surface area contributed by atoms with E-state index in [4.69, 9.17) is 0 Å². The normalized spacial score (nSPS) is 11.6. The molecule has 26 heavy (non-hydrogen) atoms. The fourth-order valence-corrected chi connectivity index (χ4v) is 2.69. The van der Waals surface area contributed by atoms with Crippen molar-refractivity contribution in [2.24, 2.45) is 4.99 Å².